The van der Waals surface area contributed by atoms with E-state index in [1.165, 1.54) is 25.7 Å². The minimum Gasteiger partial charge on any atom is -0.339 e. The molecule has 1 rings (SSSR count). The summed E-state index contributed by atoms with van der Waals surface area (Å²) < 4.78 is 0. The minimum atomic E-state index is 0.290. The average molecular weight is 254 g/mol. The summed E-state index contributed by atoms with van der Waals surface area (Å²) in [6.07, 6.45) is 5.61. The van der Waals surface area contributed by atoms with Gasteiger partial charge in [0.2, 0.25) is 5.91 Å². The van der Waals surface area contributed by atoms with Gasteiger partial charge in [-0.1, -0.05) is 33.6 Å². The Morgan fingerprint density at radius 1 is 1.28 bits per heavy atom. The standard InChI is InChI=1S/C15H30N2O/c1-5-16-13(4)10-15(18)17(11-12(2)3)14-8-6-7-9-14/h12-14,16H,5-11H2,1-4H3. The van der Waals surface area contributed by atoms with Crippen molar-refractivity contribution in [3.8, 4) is 0 Å². The van der Waals surface area contributed by atoms with Crippen LogP contribution in [0.25, 0.3) is 0 Å². The van der Waals surface area contributed by atoms with E-state index >= 15 is 0 Å². The molecular formula is C15H30N2O. The van der Waals surface area contributed by atoms with Crippen molar-refractivity contribution < 1.29 is 4.79 Å². The molecule has 1 aliphatic rings. The number of hydrogen-bond acceptors (Lipinski definition) is 2. The Balaban J connectivity index is 2.54. The number of nitrogens with one attached hydrogen (secondary N) is 1. The van der Waals surface area contributed by atoms with Crippen molar-refractivity contribution in [1.29, 1.82) is 0 Å². The summed E-state index contributed by atoms with van der Waals surface area (Å²) in [7, 11) is 0. The fourth-order valence-corrected chi connectivity index (χ4v) is 2.86. The molecule has 0 spiro atoms. The molecule has 0 heterocycles. The van der Waals surface area contributed by atoms with Crippen LogP contribution in [0.5, 0.6) is 0 Å². The van der Waals surface area contributed by atoms with Gasteiger partial charge in [0.15, 0.2) is 0 Å². The molecule has 1 saturated carbocycles. The topological polar surface area (TPSA) is 32.3 Å². The molecule has 0 aromatic carbocycles. The summed E-state index contributed by atoms with van der Waals surface area (Å²) in [5.74, 6) is 0.896. The van der Waals surface area contributed by atoms with Gasteiger partial charge in [-0.3, -0.25) is 4.79 Å². The second-order valence-corrected chi connectivity index (χ2v) is 6.04. The molecule has 0 bridgehead atoms. The summed E-state index contributed by atoms with van der Waals surface area (Å²) in [6.45, 7) is 10.4. The van der Waals surface area contributed by atoms with Crippen molar-refractivity contribution in [2.75, 3.05) is 13.1 Å². The van der Waals surface area contributed by atoms with Gasteiger partial charge in [-0.25, -0.2) is 0 Å². The number of amides is 1. The monoisotopic (exact) mass is 254 g/mol. The Labute approximate surface area is 112 Å². The summed E-state index contributed by atoms with van der Waals surface area (Å²) in [6, 6.07) is 0.798. The Kier molecular flexibility index (Phi) is 6.69. The number of hydrogen-bond donors (Lipinski definition) is 1. The molecule has 1 aliphatic carbocycles. The number of carbonyl (C=O) groups is 1. The van der Waals surface area contributed by atoms with E-state index in [4.69, 9.17) is 0 Å². The molecular weight excluding hydrogens is 224 g/mol. The van der Waals surface area contributed by atoms with Crippen LogP contribution >= 0.6 is 0 Å². The zero-order valence-corrected chi connectivity index (χ0v) is 12.5. The summed E-state index contributed by atoms with van der Waals surface area (Å²) in [5, 5.41) is 3.33. The van der Waals surface area contributed by atoms with E-state index in [0.717, 1.165) is 13.1 Å². The maximum absolute atomic E-state index is 12.4. The maximum Gasteiger partial charge on any atom is 0.224 e. The van der Waals surface area contributed by atoms with E-state index in [-0.39, 0.29) is 0 Å². The fraction of sp³-hybridized carbons (Fsp3) is 0.933. The second-order valence-electron chi connectivity index (χ2n) is 6.04. The quantitative estimate of drug-likeness (QED) is 0.757. The third-order valence-electron chi connectivity index (χ3n) is 3.68. The van der Waals surface area contributed by atoms with Crippen molar-refractivity contribution in [1.82, 2.24) is 10.2 Å². The second kappa shape index (κ2) is 7.78. The smallest absolute Gasteiger partial charge is 0.224 e. The van der Waals surface area contributed by atoms with Crippen molar-refractivity contribution in [3.05, 3.63) is 0 Å². The molecule has 0 aliphatic heterocycles. The first-order valence-electron chi connectivity index (χ1n) is 7.57. The van der Waals surface area contributed by atoms with Crippen molar-refractivity contribution in [2.24, 2.45) is 5.92 Å². The molecule has 18 heavy (non-hydrogen) atoms. The predicted octanol–water partition coefficient (Wildman–Crippen LogP) is 2.80. The highest BCUT2D eigenvalue weighted by atomic mass is 16.2. The molecule has 106 valence electrons. The predicted molar refractivity (Wildman–Crippen MR) is 76.6 cm³/mol. The third kappa shape index (κ3) is 4.97. The first-order valence-corrected chi connectivity index (χ1v) is 7.57. The third-order valence-corrected chi connectivity index (χ3v) is 3.68. The van der Waals surface area contributed by atoms with Gasteiger partial charge in [-0.15, -0.1) is 0 Å². The SMILES string of the molecule is CCNC(C)CC(=O)N(CC(C)C)C1CCCC1. The Morgan fingerprint density at radius 2 is 1.89 bits per heavy atom. The zero-order valence-electron chi connectivity index (χ0n) is 12.5. The lowest BCUT2D eigenvalue weighted by atomic mass is 10.1. The van der Waals surface area contributed by atoms with Crippen LogP contribution in [0.15, 0.2) is 0 Å². The van der Waals surface area contributed by atoms with Crippen LogP contribution in [0.2, 0.25) is 0 Å². The number of nitrogens with zero attached hydrogens (tertiary/aromatic N) is 1. The van der Waals surface area contributed by atoms with Crippen LogP contribution in [0.4, 0.5) is 0 Å². The van der Waals surface area contributed by atoms with Crippen LogP contribution in [-0.2, 0) is 4.79 Å². The van der Waals surface area contributed by atoms with Crippen LogP contribution in [0.3, 0.4) is 0 Å². The van der Waals surface area contributed by atoms with Crippen molar-refractivity contribution >= 4 is 5.91 Å². The largest absolute Gasteiger partial charge is 0.339 e. The molecule has 0 aromatic heterocycles. The highest BCUT2D eigenvalue weighted by Crippen LogP contribution is 2.25. The van der Waals surface area contributed by atoms with Gasteiger partial charge in [0, 0.05) is 25.0 Å². The molecule has 1 atom stereocenters. The van der Waals surface area contributed by atoms with E-state index in [0.29, 0.717) is 30.3 Å². The molecule has 0 aromatic rings. The molecule has 3 heteroatoms. The fourth-order valence-electron chi connectivity index (χ4n) is 2.86. The van der Waals surface area contributed by atoms with Gasteiger partial charge < -0.3 is 10.2 Å². The summed E-state index contributed by atoms with van der Waals surface area (Å²) in [4.78, 5) is 14.6. The molecule has 1 unspecified atom stereocenters. The summed E-state index contributed by atoms with van der Waals surface area (Å²) >= 11 is 0. The first kappa shape index (κ1) is 15.5. The van der Waals surface area contributed by atoms with E-state index in [2.05, 4.69) is 37.9 Å². The van der Waals surface area contributed by atoms with Crippen molar-refractivity contribution in [2.45, 2.75) is 71.9 Å². The van der Waals surface area contributed by atoms with Gasteiger partial charge in [0.25, 0.3) is 0 Å². The Morgan fingerprint density at radius 3 is 2.39 bits per heavy atom. The summed E-state index contributed by atoms with van der Waals surface area (Å²) in [5.41, 5.74) is 0. The minimum absolute atomic E-state index is 0.290. The van der Waals surface area contributed by atoms with Gasteiger partial charge in [-0.2, -0.15) is 0 Å². The van der Waals surface area contributed by atoms with Gasteiger partial charge >= 0.3 is 0 Å². The van der Waals surface area contributed by atoms with Crippen LogP contribution in [0, 0.1) is 5.92 Å². The van der Waals surface area contributed by atoms with E-state index in [1.807, 2.05) is 0 Å². The molecule has 1 N–H and O–H groups in total. The van der Waals surface area contributed by atoms with E-state index < -0.39 is 0 Å². The molecule has 1 fully saturated rings. The van der Waals surface area contributed by atoms with Crippen LogP contribution in [-0.4, -0.2) is 36.0 Å². The lowest BCUT2D eigenvalue weighted by Crippen LogP contribution is -2.43. The van der Waals surface area contributed by atoms with Crippen LogP contribution in [0.1, 0.15) is 59.8 Å². The van der Waals surface area contributed by atoms with E-state index in [1.54, 1.807) is 0 Å². The average Bonchev–Trinajstić information content (AvgIpc) is 2.78. The lowest BCUT2D eigenvalue weighted by Gasteiger charge is -2.31. The molecule has 1 amide bonds. The van der Waals surface area contributed by atoms with Crippen molar-refractivity contribution in [3.63, 3.8) is 0 Å². The van der Waals surface area contributed by atoms with E-state index in [9.17, 15) is 4.79 Å². The highest BCUT2D eigenvalue weighted by Gasteiger charge is 2.27. The Bertz CT molecular complexity index is 247. The first-order chi connectivity index (χ1) is 8.54. The molecule has 0 radical (unpaired) electrons. The number of carbonyl (C=O) groups excluding carboxylic acids is 1. The molecule has 3 nitrogen and oxygen atoms in total. The number of rotatable bonds is 7. The Hall–Kier alpha value is -0.570. The lowest BCUT2D eigenvalue weighted by molar-refractivity contribution is -0.134. The van der Waals surface area contributed by atoms with Crippen LogP contribution < -0.4 is 5.32 Å². The normalized spacial score (nSPS) is 18.3. The molecule has 0 saturated heterocycles. The van der Waals surface area contributed by atoms with Gasteiger partial charge in [0.05, 0.1) is 0 Å². The maximum atomic E-state index is 12.4. The van der Waals surface area contributed by atoms with Gasteiger partial charge in [-0.05, 0) is 32.2 Å². The zero-order chi connectivity index (χ0) is 13.5. The van der Waals surface area contributed by atoms with Gasteiger partial charge in [0.1, 0.15) is 0 Å². The highest BCUT2D eigenvalue weighted by molar-refractivity contribution is 5.77.